The summed E-state index contributed by atoms with van der Waals surface area (Å²) in [7, 11) is 0. The second kappa shape index (κ2) is 7.06. The van der Waals surface area contributed by atoms with E-state index in [-0.39, 0.29) is 5.91 Å². The van der Waals surface area contributed by atoms with Crippen LogP contribution in [0.15, 0.2) is 47.8 Å². The molecule has 1 aliphatic carbocycles. The molecule has 2 aliphatic heterocycles. The molecule has 5 rings (SSSR count). The predicted molar refractivity (Wildman–Crippen MR) is 110 cm³/mol. The fraction of sp³-hybridized carbons (Fsp3) is 0.522. The van der Waals surface area contributed by atoms with Gasteiger partial charge < -0.3 is 4.90 Å². The number of likely N-dealkylation sites (tertiary alicyclic amines) is 2. The Balaban J connectivity index is 1.29. The smallest absolute Gasteiger partial charge is 0.263 e. The summed E-state index contributed by atoms with van der Waals surface area (Å²) in [6.45, 7) is 3.05. The van der Waals surface area contributed by atoms with Crippen LogP contribution in [-0.4, -0.2) is 41.4 Å². The van der Waals surface area contributed by atoms with Gasteiger partial charge in [0.2, 0.25) is 0 Å². The van der Waals surface area contributed by atoms with E-state index in [9.17, 15) is 4.79 Å². The highest BCUT2D eigenvalue weighted by Gasteiger charge is 2.55. The van der Waals surface area contributed by atoms with Crippen LogP contribution < -0.4 is 0 Å². The van der Waals surface area contributed by atoms with Crippen LogP contribution in [0.1, 0.15) is 59.8 Å². The number of amides is 1. The van der Waals surface area contributed by atoms with Crippen molar-refractivity contribution in [1.82, 2.24) is 9.80 Å². The Morgan fingerprint density at radius 1 is 1.00 bits per heavy atom. The van der Waals surface area contributed by atoms with Gasteiger partial charge >= 0.3 is 0 Å². The highest BCUT2D eigenvalue weighted by molar-refractivity contribution is 7.12. The Bertz CT molecular complexity index is 774. The van der Waals surface area contributed by atoms with Gasteiger partial charge in [-0.15, -0.1) is 11.3 Å². The maximum atomic E-state index is 12.6. The molecule has 2 aromatic rings. The second-order valence-corrected chi connectivity index (χ2v) is 9.50. The first-order valence-electron chi connectivity index (χ1n) is 10.4. The standard InChI is InChI=1S/C23H28N2OS/c26-22(20-9-6-16-27-20)24-14-10-19(11-15-24)25-17-23(12-4-5-13-23)21(25)18-7-2-1-3-8-18/h1-3,6-9,16,19,21H,4-5,10-15,17H2. The molecule has 0 N–H and O–H groups in total. The van der Waals surface area contributed by atoms with Crippen LogP contribution in [0.3, 0.4) is 0 Å². The maximum Gasteiger partial charge on any atom is 0.263 e. The van der Waals surface area contributed by atoms with E-state index < -0.39 is 0 Å². The summed E-state index contributed by atoms with van der Waals surface area (Å²) in [5.41, 5.74) is 2.02. The summed E-state index contributed by atoms with van der Waals surface area (Å²) in [5, 5.41) is 1.99. The van der Waals surface area contributed by atoms with Gasteiger partial charge in [-0.2, -0.15) is 0 Å². The molecular weight excluding hydrogens is 352 g/mol. The lowest BCUT2D eigenvalue weighted by atomic mass is 9.66. The summed E-state index contributed by atoms with van der Waals surface area (Å²) >= 11 is 1.56. The average Bonchev–Trinajstić information content (AvgIpc) is 3.40. The van der Waals surface area contributed by atoms with Gasteiger partial charge in [0.25, 0.3) is 5.91 Å². The molecule has 4 heteroatoms. The Labute approximate surface area is 166 Å². The van der Waals surface area contributed by atoms with Crippen LogP contribution in [0.2, 0.25) is 0 Å². The van der Waals surface area contributed by atoms with E-state index in [4.69, 9.17) is 0 Å². The molecule has 3 heterocycles. The maximum absolute atomic E-state index is 12.6. The lowest BCUT2D eigenvalue weighted by Gasteiger charge is -2.60. The summed E-state index contributed by atoms with van der Waals surface area (Å²) in [6, 6.07) is 16.3. The number of carbonyl (C=O) groups is 1. The van der Waals surface area contributed by atoms with Gasteiger partial charge in [0.1, 0.15) is 0 Å². The van der Waals surface area contributed by atoms with Gasteiger partial charge in [0.15, 0.2) is 0 Å². The van der Waals surface area contributed by atoms with Crippen LogP contribution in [-0.2, 0) is 0 Å². The fourth-order valence-corrected chi connectivity index (χ4v) is 6.46. The van der Waals surface area contributed by atoms with Gasteiger partial charge in [-0.25, -0.2) is 0 Å². The quantitative estimate of drug-likeness (QED) is 0.750. The molecule has 2 saturated heterocycles. The molecule has 1 aromatic heterocycles. The van der Waals surface area contributed by atoms with Crippen molar-refractivity contribution in [2.24, 2.45) is 5.41 Å². The van der Waals surface area contributed by atoms with Crippen LogP contribution in [0, 0.1) is 5.41 Å². The monoisotopic (exact) mass is 380 g/mol. The number of hydrogen-bond donors (Lipinski definition) is 0. The Kier molecular flexibility index (Phi) is 4.57. The number of thiophene rings is 1. The highest BCUT2D eigenvalue weighted by atomic mass is 32.1. The molecule has 1 spiro atoms. The SMILES string of the molecule is O=C(c1cccs1)N1CCC(N2CC3(CCCC3)C2c2ccccc2)CC1. The number of nitrogens with zero attached hydrogens (tertiary/aromatic N) is 2. The van der Waals surface area contributed by atoms with Gasteiger partial charge in [-0.1, -0.05) is 49.2 Å². The topological polar surface area (TPSA) is 23.6 Å². The van der Waals surface area contributed by atoms with E-state index in [0.717, 1.165) is 30.8 Å². The van der Waals surface area contributed by atoms with Crippen molar-refractivity contribution in [3.8, 4) is 0 Å². The molecule has 1 aromatic carbocycles. The molecule has 0 bridgehead atoms. The Morgan fingerprint density at radius 3 is 2.41 bits per heavy atom. The molecule has 3 fully saturated rings. The molecule has 3 nitrogen and oxygen atoms in total. The number of piperidine rings is 1. The Morgan fingerprint density at radius 2 is 1.74 bits per heavy atom. The van der Waals surface area contributed by atoms with E-state index in [2.05, 4.69) is 40.1 Å². The zero-order valence-corrected chi connectivity index (χ0v) is 16.7. The summed E-state index contributed by atoms with van der Waals surface area (Å²) in [6.07, 6.45) is 7.78. The van der Waals surface area contributed by atoms with Crippen LogP contribution in [0.25, 0.3) is 0 Å². The fourth-order valence-electron chi connectivity index (χ4n) is 5.77. The number of rotatable bonds is 3. The van der Waals surface area contributed by atoms with Crippen LogP contribution in [0.5, 0.6) is 0 Å². The van der Waals surface area contributed by atoms with Crippen molar-refractivity contribution >= 4 is 17.2 Å². The summed E-state index contributed by atoms with van der Waals surface area (Å²) < 4.78 is 0. The third-order valence-electron chi connectivity index (χ3n) is 7.08. The molecule has 3 aliphatic rings. The van der Waals surface area contributed by atoms with E-state index in [1.54, 1.807) is 11.3 Å². The highest BCUT2D eigenvalue weighted by Crippen LogP contribution is 2.59. The first-order valence-corrected chi connectivity index (χ1v) is 11.3. The van der Waals surface area contributed by atoms with E-state index in [0.29, 0.717) is 17.5 Å². The van der Waals surface area contributed by atoms with Crippen LogP contribution in [0.4, 0.5) is 0 Å². The Hall–Kier alpha value is -1.65. The van der Waals surface area contributed by atoms with E-state index in [1.165, 1.54) is 37.8 Å². The van der Waals surface area contributed by atoms with Crippen LogP contribution >= 0.6 is 11.3 Å². The van der Waals surface area contributed by atoms with Crippen molar-refractivity contribution in [3.63, 3.8) is 0 Å². The summed E-state index contributed by atoms with van der Waals surface area (Å²) in [4.78, 5) is 18.3. The molecule has 1 saturated carbocycles. The van der Waals surface area contributed by atoms with Gasteiger partial charge in [-0.05, 0) is 42.7 Å². The molecule has 27 heavy (non-hydrogen) atoms. The van der Waals surface area contributed by atoms with E-state index in [1.807, 2.05) is 17.5 Å². The second-order valence-electron chi connectivity index (χ2n) is 8.56. The van der Waals surface area contributed by atoms with E-state index >= 15 is 0 Å². The third-order valence-corrected chi connectivity index (χ3v) is 7.93. The lowest BCUT2D eigenvalue weighted by Crippen LogP contribution is -2.62. The first kappa shape index (κ1) is 17.4. The minimum atomic E-state index is 0.221. The molecule has 1 unspecified atom stereocenters. The largest absolute Gasteiger partial charge is 0.338 e. The first-order chi connectivity index (χ1) is 13.3. The number of carbonyl (C=O) groups excluding carboxylic acids is 1. The lowest BCUT2D eigenvalue weighted by molar-refractivity contribution is -0.111. The average molecular weight is 381 g/mol. The zero-order chi connectivity index (χ0) is 18.3. The number of hydrogen-bond acceptors (Lipinski definition) is 3. The third kappa shape index (κ3) is 3.03. The predicted octanol–water partition coefficient (Wildman–Crippen LogP) is 4.97. The zero-order valence-electron chi connectivity index (χ0n) is 15.8. The molecule has 1 amide bonds. The van der Waals surface area contributed by atoms with Gasteiger partial charge in [0, 0.05) is 37.1 Å². The molecule has 142 valence electrons. The van der Waals surface area contributed by atoms with Crippen molar-refractivity contribution in [3.05, 3.63) is 58.3 Å². The number of benzene rings is 1. The summed E-state index contributed by atoms with van der Waals surface area (Å²) in [5.74, 6) is 0.221. The molecule has 1 atom stereocenters. The normalized spacial score (nSPS) is 25.6. The van der Waals surface area contributed by atoms with Crippen molar-refractivity contribution < 1.29 is 4.79 Å². The van der Waals surface area contributed by atoms with Gasteiger partial charge in [0.05, 0.1) is 4.88 Å². The van der Waals surface area contributed by atoms with Crippen molar-refractivity contribution in [1.29, 1.82) is 0 Å². The molecule has 0 radical (unpaired) electrons. The minimum Gasteiger partial charge on any atom is -0.338 e. The van der Waals surface area contributed by atoms with Crippen molar-refractivity contribution in [2.75, 3.05) is 19.6 Å². The van der Waals surface area contributed by atoms with Gasteiger partial charge in [-0.3, -0.25) is 9.69 Å². The minimum absolute atomic E-state index is 0.221. The van der Waals surface area contributed by atoms with Crippen molar-refractivity contribution in [2.45, 2.75) is 50.6 Å². The molecular formula is C23H28N2OS.